The van der Waals surface area contributed by atoms with E-state index in [-0.39, 0.29) is 31.6 Å². The number of likely N-dealkylation sites (tertiary alicyclic amines) is 1. The summed E-state index contributed by atoms with van der Waals surface area (Å²) in [5.74, 6) is -2.97. The molecule has 2 amide bonds. The maximum Gasteiger partial charge on any atom is 0.313 e. The Morgan fingerprint density at radius 1 is 1.24 bits per heavy atom. The second-order valence-corrected chi connectivity index (χ2v) is 11.4. The summed E-state index contributed by atoms with van der Waals surface area (Å²) in [6.07, 6.45) is 4.09. The molecule has 8 nitrogen and oxygen atoms in total. The van der Waals surface area contributed by atoms with Crippen LogP contribution in [0.15, 0.2) is 55.6 Å². The summed E-state index contributed by atoms with van der Waals surface area (Å²) >= 11 is 0. The molecule has 3 aliphatic rings. The van der Waals surface area contributed by atoms with Crippen molar-refractivity contribution in [3.63, 3.8) is 0 Å². The van der Waals surface area contributed by atoms with Gasteiger partial charge in [-0.15, -0.1) is 6.58 Å². The van der Waals surface area contributed by atoms with Crippen LogP contribution < -0.4 is 0 Å². The van der Waals surface area contributed by atoms with Crippen LogP contribution in [0.3, 0.4) is 0 Å². The van der Waals surface area contributed by atoms with Crippen molar-refractivity contribution >= 4 is 17.8 Å². The molecule has 3 saturated heterocycles. The van der Waals surface area contributed by atoms with Gasteiger partial charge in [0.1, 0.15) is 24.2 Å². The van der Waals surface area contributed by atoms with Crippen LogP contribution in [-0.4, -0.2) is 75.2 Å². The number of hydrogen-bond acceptors (Lipinski definition) is 6. The number of nitrogens with zero attached hydrogens (tertiary/aromatic N) is 2. The monoisotopic (exact) mass is 510 g/mol. The molecule has 2 bridgehead atoms. The molecule has 2 unspecified atom stereocenters. The average molecular weight is 511 g/mol. The first-order valence-corrected chi connectivity index (χ1v) is 12.8. The van der Waals surface area contributed by atoms with Crippen molar-refractivity contribution in [1.82, 2.24) is 9.80 Å². The minimum atomic E-state index is -1.21. The van der Waals surface area contributed by atoms with Crippen LogP contribution in [-0.2, 0) is 23.9 Å². The smallest absolute Gasteiger partial charge is 0.313 e. The van der Waals surface area contributed by atoms with E-state index in [0.29, 0.717) is 18.4 Å². The summed E-state index contributed by atoms with van der Waals surface area (Å²) in [5.41, 5.74) is -2.02. The molecule has 1 N–H and O–H groups in total. The van der Waals surface area contributed by atoms with Gasteiger partial charge in [0.05, 0.1) is 24.2 Å². The molecule has 3 heterocycles. The van der Waals surface area contributed by atoms with Gasteiger partial charge in [-0.05, 0) is 46.1 Å². The maximum atomic E-state index is 14.5. The highest BCUT2D eigenvalue weighted by molar-refractivity contribution is 5.99. The number of aliphatic hydroxyl groups is 1. The lowest BCUT2D eigenvalue weighted by atomic mass is 9.66. The van der Waals surface area contributed by atoms with E-state index >= 15 is 0 Å². The molecule has 1 spiro atoms. The summed E-state index contributed by atoms with van der Waals surface area (Å²) < 4.78 is 12.1. The molecule has 0 aliphatic carbocycles. The van der Waals surface area contributed by atoms with Crippen molar-refractivity contribution < 1.29 is 29.0 Å². The normalized spacial score (nSPS) is 31.1. The molecule has 0 radical (unpaired) electrons. The van der Waals surface area contributed by atoms with Crippen LogP contribution in [0, 0.1) is 11.8 Å². The predicted molar refractivity (Wildman–Crippen MR) is 138 cm³/mol. The molecule has 3 aliphatic heterocycles. The molecule has 200 valence electrons. The minimum Gasteiger partial charge on any atom is -0.461 e. The number of amides is 2. The first-order valence-electron chi connectivity index (χ1n) is 12.8. The van der Waals surface area contributed by atoms with Crippen molar-refractivity contribution in [2.24, 2.45) is 11.8 Å². The molecular formula is C29H38N2O6. The van der Waals surface area contributed by atoms with Gasteiger partial charge in [0, 0.05) is 12.1 Å². The fourth-order valence-electron chi connectivity index (χ4n) is 6.57. The average Bonchev–Trinajstić information content (AvgIpc) is 3.42. The van der Waals surface area contributed by atoms with Crippen molar-refractivity contribution in [3.8, 4) is 0 Å². The molecule has 37 heavy (non-hydrogen) atoms. The van der Waals surface area contributed by atoms with Gasteiger partial charge in [-0.2, -0.15) is 0 Å². The Balaban J connectivity index is 1.88. The Morgan fingerprint density at radius 3 is 2.49 bits per heavy atom. The van der Waals surface area contributed by atoms with Gasteiger partial charge in [-0.3, -0.25) is 14.4 Å². The van der Waals surface area contributed by atoms with Crippen molar-refractivity contribution in [3.05, 3.63) is 61.2 Å². The minimum absolute atomic E-state index is 0.0197. The first-order chi connectivity index (χ1) is 17.5. The number of carbonyl (C=O) groups excluding carboxylic acids is 3. The zero-order valence-electron chi connectivity index (χ0n) is 22.2. The molecule has 3 fully saturated rings. The van der Waals surface area contributed by atoms with Gasteiger partial charge >= 0.3 is 5.97 Å². The standard InChI is InChI=1S/C29H38N2O6/c1-7-16-30(27(3,4)5)25(34)23-29-15-14-28(6,37-29)22(26(35)36-17-8-2)21(29)24(33)31(23)20(18-32)19-12-10-9-11-13-19/h7-13,20-23,32H,1-2,14-18H2,3-6H3/t20-,21+,22-,23?,28+,29?/m1/s1. The number of hydrogen-bond donors (Lipinski definition) is 1. The Kier molecular flexibility index (Phi) is 7.12. The Morgan fingerprint density at radius 2 is 1.92 bits per heavy atom. The van der Waals surface area contributed by atoms with E-state index in [4.69, 9.17) is 9.47 Å². The third-order valence-electron chi connectivity index (χ3n) is 8.13. The van der Waals surface area contributed by atoms with Crippen LogP contribution in [0.1, 0.15) is 52.1 Å². The third kappa shape index (κ3) is 4.20. The molecule has 8 heteroatoms. The highest BCUT2D eigenvalue weighted by Crippen LogP contribution is 2.64. The van der Waals surface area contributed by atoms with Gasteiger partial charge in [-0.25, -0.2) is 0 Å². The Bertz CT molecular complexity index is 1080. The van der Waals surface area contributed by atoms with Gasteiger partial charge in [-0.1, -0.05) is 49.1 Å². The van der Waals surface area contributed by atoms with Gasteiger partial charge in [0.15, 0.2) is 0 Å². The number of esters is 1. The highest BCUT2D eigenvalue weighted by Gasteiger charge is 2.79. The van der Waals surface area contributed by atoms with Gasteiger partial charge in [0.2, 0.25) is 11.8 Å². The van der Waals surface area contributed by atoms with Gasteiger partial charge < -0.3 is 24.4 Å². The largest absolute Gasteiger partial charge is 0.461 e. The van der Waals surface area contributed by atoms with Crippen LogP contribution in [0.4, 0.5) is 0 Å². The topological polar surface area (TPSA) is 96.4 Å². The van der Waals surface area contributed by atoms with Crippen molar-refractivity contribution in [1.29, 1.82) is 0 Å². The quantitative estimate of drug-likeness (QED) is 0.405. The molecule has 0 aromatic heterocycles. The van der Waals surface area contributed by atoms with Gasteiger partial charge in [0.25, 0.3) is 0 Å². The fourth-order valence-corrected chi connectivity index (χ4v) is 6.57. The number of carbonyl (C=O) groups is 3. The number of benzene rings is 1. The molecule has 4 rings (SSSR count). The Labute approximate surface area is 218 Å². The lowest BCUT2D eigenvalue weighted by molar-refractivity contribution is -0.162. The van der Waals surface area contributed by atoms with Crippen LogP contribution in [0.25, 0.3) is 0 Å². The summed E-state index contributed by atoms with van der Waals surface area (Å²) in [4.78, 5) is 45.3. The van der Waals surface area contributed by atoms with E-state index in [1.807, 2.05) is 58.0 Å². The van der Waals surface area contributed by atoms with E-state index in [1.165, 1.54) is 11.0 Å². The second-order valence-electron chi connectivity index (χ2n) is 11.4. The lowest BCUT2D eigenvalue weighted by Crippen LogP contribution is -2.60. The van der Waals surface area contributed by atoms with E-state index in [2.05, 4.69) is 13.2 Å². The highest BCUT2D eigenvalue weighted by atomic mass is 16.6. The summed E-state index contributed by atoms with van der Waals surface area (Å²) in [6.45, 7) is 14.9. The molecular weight excluding hydrogens is 472 g/mol. The van der Waals surface area contributed by atoms with E-state index in [9.17, 15) is 19.5 Å². The van der Waals surface area contributed by atoms with Crippen LogP contribution in [0.2, 0.25) is 0 Å². The second kappa shape index (κ2) is 9.72. The van der Waals surface area contributed by atoms with Crippen LogP contribution in [0.5, 0.6) is 0 Å². The number of aliphatic hydroxyl groups excluding tert-OH is 1. The molecule has 1 aromatic rings. The van der Waals surface area contributed by atoms with Crippen molar-refractivity contribution in [2.75, 3.05) is 19.8 Å². The SMILES string of the molecule is C=CCOC(=O)[C@H]1[C@H]2C(=O)N([C@H](CO)c3ccccc3)C(C(=O)N(CC=C)C(C)(C)C)C23CC[C@]1(C)O3. The molecule has 0 saturated carbocycles. The molecule has 6 atom stereocenters. The first kappa shape index (κ1) is 27.1. The molecule has 1 aromatic carbocycles. The lowest BCUT2D eigenvalue weighted by Gasteiger charge is -2.43. The zero-order chi connectivity index (χ0) is 27.2. The summed E-state index contributed by atoms with van der Waals surface area (Å²) in [6, 6.07) is 7.33. The number of rotatable bonds is 9. The fraction of sp³-hybridized carbons (Fsp3) is 0.552. The van der Waals surface area contributed by atoms with E-state index < -0.39 is 46.6 Å². The zero-order valence-corrected chi connectivity index (χ0v) is 22.2. The number of ether oxygens (including phenoxy) is 2. The maximum absolute atomic E-state index is 14.5. The summed E-state index contributed by atoms with van der Waals surface area (Å²) in [7, 11) is 0. The Hall–Kier alpha value is -2.97. The van der Waals surface area contributed by atoms with E-state index in [1.54, 1.807) is 11.0 Å². The predicted octanol–water partition coefficient (Wildman–Crippen LogP) is 3.03. The van der Waals surface area contributed by atoms with Crippen LogP contribution >= 0.6 is 0 Å². The van der Waals surface area contributed by atoms with Crippen molar-refractivity contribution in [2.45, 2.75) is 69.4 Å². The summed E-state index contributed by atoms with van der Waals surface area (Å²) in [5, 5.41) is 10.6. The third-order valence-corrected chi connectivity index (χ3v) is 8.13. The van der Waals surface area contributed by atoms with E-state index in [0.717, 1.165) is 0 Å². The number of fused-ring (bicyclic) bond motifs is 1.